The van der Waals surface area contributed by atoms with Gasteiger partial charge in [-0.25, -0.2) is 0 Å². The molecule has 2 unspecified atom stereocenters. The molecule has 2 atom stereocenters. The smallest absolute Gasteiger partial charge is 0.0771 e. The van der Waals surface area contributed by atoms with Gasteiger partial charge in [-0.3, -0.25) is 4.68 Å². The molecule has 5 heteroatoms. The lowest BCUT2D eigenvalue weighted by atomic mass is 10.1. The fourth-order valence-corrected chi connectivity index (χ4v) is 2.82. The molecule has 0 spiro atoms. The SMILES string of the molecule is c1nn(CC2CCCO2)cc1NC1CCCOCC1. The minimum Gasteiger partial charge on any atom is -0.381 e. The standard InChI is InChI=1S/C14H23N3O2/c1-3-12(5-8-18-6-1)16-13-9-15-17(10-13)11-14-4-2-7-19-14/h9-10,12,14,16H,1-8,11H2. The van der Waals surface area contributed by atoms with E-state index in [0.29, 0.717) is 12.1 Å². The van der Waals surface area contributed by atoms with Gasteiger partial charge in [-0.15, -0.1) is 0 Å². The Morgan fingerprint density at radius 3 is 3.05 bits per heavy atom. The Hall–Kier alpha value is -1.07. The molecular weight excluding hydrogens is 242 g/mol. The predicted octanol–water partition coefficient (Wildman–Crippen LogP) is 2.04. The third kappa shape index (κ3) is 3.70. The fraction of sp³-hybridized carbons (Fsp3) is 0.786. The minimum absolute atomic E-state index is 0.346. The molecular formula is C14H23N3O2. The maximum Gasteiger partial charge on any atom is 0.0771 e. The van der Waals surface area contributed by atoms with E-state index in [0.717, 1.165) is 51.3 Å². The van der Waals surface area contributed by atoms with Gasteiger partial charge in [0.25, 0.3) is 0 Å². The molecule has 2 saturated heterocycles. The lowest BCUT2D eigenvalue weighted by Gasteiger charge is -2.15. The maximum atomic E-state index is 5.63. The summed E-state index contributed by atoms with van der Waals surface area (Å²) in [5.74, 6) is 0. The van der Waals surface area contributed by atoms with Crippen molar-refractivity contribution in [2.24, 2.45) is 0 Å². The van der Waals surface area contributed by atoms with Gasteiger partial charge >= 0.3 is 0 Å². The van der Waals surface area contributed by atoms with Gasteiger partial charge in [0, 0.05) is 32.1 Å². The average molecular weight is 265 g/mol. The number of nitrogens with zero attached hydrogens (tertiary/aromatic N) is 2. The summed E-state index contributed by atoms with van der Waals surface area (Å²) in [6, 6.07) is 0.517. The molecule has 2 aliphatic heterocycles. The second kappa shape index (κ2) is 6.39. The van der Waals surface area contributed by atoms with E-state index in [9.17, 15) is 0 Å². The molecule has 1 aromatic heterocycles. The van der Waals surface area contributed by atoms with Gasteiger partial charge in [0.05, 0.1) is 24.5 Å². The van der Waals surface area contributed by atoms with E-state index in [1.165, 1.54) is 12.8 Å². The molecule has 0 bridgehead atoms. The van der Waals surface area contributed by atoms with Crippen molar-refractivity contribution < 1.29 is 9.47 Å². The van der Waals surface area contributed by atoms with Crippen LogP contribution in [0.15, 0.2) is 12.4 Å². The molecule has 1 N–H and O–H groups in total. The number of hydrogen-bond donors (Lipinski definition) is 1. The number of nitrogens with one attached hydrogen (secondary N) is 1. The number of ether oxygens (including phenoxy) is 2. The van der Waals surface area contributed by atoms with Crippen molar-refractivity contribution in [2.75, 3.05) is 25.1 Å². The summed E-state index contributed by atoms with van der Waals surface area (Å²) in [6.07, 6.45) is 10.1. The summed E-state index contributed by atoms with van der Waals surface area (Å²) in [6.45, 7) is 3.53. The summed E-state index contributed by atoms with van der Waals surface area (Å²) >= 11 is 0. The Morgan fingerprint density at radius 1 is 1.21 bits per heavy atom. The van der Waals surface area contributed by atoms with Crippen LogP contribution in [0.1, 0.15) is 32.1 Å². The molecule has 19 heavy (non-hydrogen) atoms. The normalized spacial score (nSPS) is 28.2. The van der Waals surface area contributed by atoms with Crippen LogP contribution in [0.4, 0.5) is 5.69 Å². The summed E-state index contributed by atoms with van der Waals surface area (Å²) in [5.41, 5.74) is 1.12. The molecule has 3 heterocycles. The zero-order chi connectivity index (χ0) is 12.9. The van der Waals surface area contributed by atoms with Crippen LogP contribution in [0.2, 0.25) is 0 Å². The van der Waals surface area contributed by atoms with E-state index in [4.69, 9.17) is 9.47 Å². The van der Waals surface area contributed by atoms with Crippen LogP contribution in [0.25, 0.3) is 0 Å². The first-order chi connectivity index (χ1) is 9.40. The predicted molar refractivity (Wildman–Crippen MR) is 73.3 cm³/mol. The minimum atomic E-state index is 0.346. The van der Waals surface area contributed by atoms with Gasteiger partial charge in [0.2, 0.25) is 0 Å². The first kappa shape index (κ1) is 12.9. The van der Waals surface area contributed by atoms with Crippen molar-refractivity contribution in [3.8, 4) is 0 Å². The quantitative estimate of drug-likeness (QED) is 0.905. The van der Waals surface area contributed by atoms with Crippen LogP contribution in [-0.4, -0.2) is 41.7 Å². The summed E-state index contributed by atoms with van der Waals surface area (Å²) in [4.78, 5) is 0. The van der Waals surface area contributed by atoms with Gasteiger partial charge in [-0.1, -0.05) is 0 Å². The van der Waals surface area contributed by atoms with Gasteiger partial charge in [-0.2, -0.15) is 5.10 Å². The molecule has 106 valence electrons. The van der Waals surface area contributed by atoms with E-state index in [1.807, 2.05) is 10.9 Å². The third-order valence-electron chi connectivity index (χ3n) is 3.87. The Balaban J connectivity index is 1.51. The monoisotopic (exact) mass is 265 g/mol. The van der Waals surface area contributed by atoms with E-state index >= 15 is 0 Å². The van der Waals surface area contributed by atoms with Crippen LogP contribution >= 0.6 is 0 Å². The molecule has 5 nitrogen and oxygen atoms in total. The molecule has 0 aliphatic carbocycles. The number of rotatable bonds is 4. The zero-order valence-corrected chi connectivity index (χ0v) is 11.4. The van der Waals surface area contributed by atoms with E-state index in [-0.39, 0.29) is 0 Å². The molecule has 1 aromatic rings. The number of aromatic nitrogens is 2. The van der Waals surface area contributed by atoms with Crippen molar-refractivity contribution in [3.05, 3.63) is 12.4 Å². The van der Waals surface area contributed by atoms with Crippen LogP contribution in [0, 0.1) is 0 Å². The average Bonchev–Trinajstić information content (AvgIpc) is 2.99. The summed E-state index contributed by atoms with van der Waals surface area (Å²) < 4.78 is 13.1. The van der Waals surface area contributed by atoms with E-state index in [1.54, 1.807) is 0 Å². The molecule has 0 amide bonds. The highest BCUT2D eigenvalue weighted by Gasteiger charge is 2.17. The highest BCUT2D eigenvalue weighted by Crippen LogP contribution is 2.17. The lowest BCUT2D eigenvalue weighted by Crippen LogP contribution is -2.19. The summed E-state index contributed by atoms with van der Waals surface area (Å²) in [7, 11) is 0. The topological polar surface area (TPSA) is 48.3 Å². The van der Waals surface area contributed by atoms with Gasteiger partial charge < -0.3 is 14.8 Å². The Kier molecular flexibility index (Phi) is 4.35. The van der Waals surface area contributed by atoms with Crippen LogP contribution in [0.3, 0.4) is 0 Å². The molecule has 2 fully saturated rings. The van der Waals surface area contributed by atoms with E-state index < -0.39 is 0 Å². The molecule has 0 aromatic carbocycles. The zero-order valence-electron chi connectivity index (χ0n) is 11.4. The molecule has 0 saturated carbocycles. The van der Waals surface area contributed by atoms with Crippen molar-refractivity contribution in [1.29, 1.82) is 0 Å². The first-order valence-corrected chi connectivity index (χ1v) is 7.38. The third-order valence-corrected chi connectivity index (χ3v) is 3.87. The van der Waals surface area contributed by atoms with E-state index in [2.05, 4.69) is 16.6 Å². The molecule has 0 radical (unpaired) electrons. The number of anilines is 1. The van der Waals surface area contributed by atoms with Crippen LogP contribution < -0.4 is 5.32 Å². The molecule has 3 rings (SSSR count). The largest absolute Gasteiger partial charge is 0.381 e. The van der Waals surface area contributed by atoms with Crippen molar-refractivity contribution in [3.63, 3.8) is 0 Å². The highest BCUT2D eigenvalue weighted by molar-refractivity contribution is 5.39. The lowest BCUT2D eigenvalue weighted by molar-refractivity contribution is 0.0940. The Bertz CT molecular complexity index is 380. The Labute approximate surface area is 114 Å². The Morgan fingerprint density at radius 2 is 2.16 bits per heavy atom. The van der Waals surface area contributed by atoms with Crippen molar-refractivity contribution in [2.45, 2.75) is 50.8 Å². The number of hydrogen-bond acceptors (Lipinski definition) is 4. The molecule has 2 aliphatic rings. The van der Waals surface area contributed by atoms with Gasteiger partial charge in [0.15, 0.2) is 0 Å². The second-order valence-electron chi connectivity index (χ2n) is 5.47. The van der Waals surface area contributed by atoms with Crippen LogP contribution in [0.5, 0.6) is 0 Å². The highest BCUT2D eigenvalue weighted by atomic mass is 16.5. The van der Waals surface area contributed by atoms with Crippen LogP contribution in [-0.2, 0) is 16.0 Å². The van der Waals surface area contributed by atoms with Gasteiger partial charge in [0.1, 0.15) is 0 Å². The maximum absolute atomic E-state index is 5.63. The van der Waals surface area contributed by atoms with Crippen molar-refractivity contribution >= 4 is 5.69 Å². The van der Waals surface area contributed by atoms with Crippen molar-refractivity contribution in [1.82, 2.24) is 9.78 Å². The second-order valence-corrected chi connectivity index (χ2v) is 5.47. The summed E-state index contributed by atoms with van der Waals surface area (Å²) in [5, 5.41) is 7.97. The first-order valence-electron chi connectivity index (χ1n) is 7.38. The van der Waals surface area contributed by atoms with Gasteiger partial charge in [-0.05, 0) is 32.1 Å². The fourth-order valence-electron chi connectivity index (χ4n) is 2.82.